The number of nitrogens with one attached hydrogen (secondary N) is 1. The second kappa shape index (κ2) is 8.39. The zero-order valence-corrected chi connectivity index (χ0v) is 14.8. The predicted octanol–water partition coefficient (Wildman–Crippen LogP) is 2.15. The van der Waals surface area contributed by atoms with Crippen LogP contribution < -0.4 is 5.32 Å². The number of hydrogen-bond acceptors (Lipinski definition) is 4. The molecule has 2 rings (SSSR count). The smallest absolute Gasteiger partial charge is 0.243 e. The molecule has 1 unspecified atom stereocenters. The Labute approximate surface area is 144 Å². The quantitative estimate of drug-likeness (QED) is 0.767. The van der Waals surface area contributed by atoms with Crippen molar-refractivity contribution < 1.29 is 13.5 Å². The first-order chi connectivity index (χ1) is 11.5. The minimum absolute atomic E-state index is 0.0739. The normalized spacial score (nSPS) is 13.2. The zero-order chi connectivity index (χ0) is 17.6. The Morgan fingerprint density at radius 3 is 2.38 bits per heavy atom. The van der Waals surface area contributed by atoms with Gasteiger partial charge in [-0.2, -0.15) is 4.31 Å². The third-order valence-corrected chi connectivity index (χ3v) is 5.93. The van der Waals surface area contributed by atoms with Gasteiger partial charge in [0.1, 0.15) is 0 Å². The highest BCUT2D eigenvalue weighted by atomic mass is 32.2. The maximum Gasteiger partial charge on any atom is 0.243 e. The van der Waals surface area contributed by atoms with Crippen LogP contribution in [0.2, 0.25) is 0 Å². The highest BCUT2D eigenvalue weighted by Gasteiger charge is 2.23. The van der Waals surface area contributed by atoms with Crippen molar-refractivity contribution in [3.05, 3.63) is 65.7 Å². The van der Waals surface area contributed by atoms with Crippen LogP contribution in [-0.2, 0) is 16.6 Å². The standard InChI is InChI=1S/C18H24N2O3S/c1-15(16-8-4-3-5-9-16)19-14-17-10-6-7-11-18(17)24(22,23)20(2)12-13-21/h3-11,15,19,21H,12-14H2,1-2H3. The van der Waals surface area contributed by atoms with Crippen LogP contribution in [0.15, 0.2) is 59.5 Å². The molecule has 2 N–H and O–H groups in total. The third kappa shape index (κ3) is 4.42. The van der Waals surface area contributed by atoms with Gasteiger partial charge in [0, 0.05) is 26.2 Å². The van der Waals surface area contributed by atoms with Crippen LogP contribution in [-0.4, -0.2) is 38.0 Å². The maximum absolute atomic E-state index is 12.6. The van der Waals surface area contributed by atoms with E-state index in [1.54, 1.807) is 12.1 Å². The molecule has 0 saturated heterocycles. The summed E-state index contributed by atoms with van der Waals surface area (Å²) in [5.74, 6) is 0. The molecule has 6 heteroatoms. The van der Waals surface area contributed by atoms with E-state index >= 15 is 0 Å². The van der Waals surface area contributed by atoms with Crippen molar-refractivity contribution >= 4 is 10.0 Å². The largest absolute Gasteiger partial charge is 0.395 e. The monoisotopic (exact) mass is 348 g/mol. The number of aliphatic hydroxyl groups is 1. The molecule has 2 aromatic carbocycles. The highest BCUT2D eigenvalue weighted by molar-refractivity contribution is 7.89. The SMILES string of the molecule is CC(NCc1ccccc1S(=O)(=O)N(C)CCO)c1ccccc1. The Hall–Kier alpha value is -1.73. The summed E-state index contributed by atoms with van der Waals surface area (Å²) >= 11 is 0. The second-order valence-electron chi connectivity index (χ2n) is 5.67. The molecule has 5 nitrogen and oxygen atoms in total. The topological polar surface area (TPSA) is 69.6 Å². The minimum Gasteiger partial charge on any atom is -0.395 e. The number of rotatable bonds is 8. The molecule has 0 aliphatic heterocycles. The molecular formula is C18H24N2O3S. The molecule has 130 valence electrons. The molecule has 0 radical (unpaired) electrons. The van der Waals surface area contributed by atoms with E-state index in [0.717, 1.165) is 5.56 Å². The van der Waals surface area contributed by atoms with Crippen molar-refractivity contribution in [2.45, 2.75) is 24.4 Å². The molecule has 0 fully saturated rings. The molecule has 0 aliphatic rings. The minimum atomic E-state index is -3.61. The number of aliphatic hydroxyl groups excluding tert-OH is 1. The lowest BCUT2D eigenvalue weighted by atomic mass is 10.1. The fraction of sp³-hybridized carbons (Fsp3) is 0.333. The summed E-state index contributed by atoms with van der Waals surface area (Å²) in [6, 6.07) is 17.1. The number of nitrogens with zero attached hydrogens (tertiary/aromatic N) is 1. The van der Waals surface area contributed by atoms with Crippen LogP contribution in [0.4, 0.5) is 0 Å². The number of benzene rings is 2. The van der Waals surface area contributed by atoms with Gasteiger partial charge in [0.05, 0.1) is 11.5 Å². The average molecular weight is 348 g/mol. The molecule has 1 atom stereocenters. The lowest BCUT2D eigenvalue weighted by Crippen LogP contribution is -2.31. The van der Waals surface area contributed by atoms with Crippen molar-refractivity contribution in [3.8, 4) is 0 Å². The first kappa shape index (κ1) is 18.6. The zero-order valence-electron chi connectivity index (χ0n) is 14.0. The Kier molecular flexibility index (Phi) is 6.51. The summed E-state index contributed by atoms with van der Waals surface area (Å²) in [5, 5.41) is 12.4. The molecule has 0 saturated carbocycles. The van der Waals surface area contributed by atoms with Gasteiger partial charge in [-0.1, -0.05) is 48.5 Å². The van der Waals surface area contributed by atoms with Crippen LogP contribution in [0, 0.1) is 0 Å². The van der Waals surface area contributed by atoms with Crippen molar-refractivity contribution in [2.24, 2.45) is 0 Å². The highest BCUT2D eigenvalue weighted by Crippen LogP contribution is 2.20. The molecule has 0 aliphatic carbocycles. The molecule has 2 aromatic rings. The first-order valence-corrected chi connectivity index (χ1v) is 9.34. The van der Waals surface area contributed by atoms with Gasteiger partial charge in [-0.15, -0.1) is 0 Å². The molecular weight excluding hydrogens is 324 g/mol. The lowest BCUT2D eigenvalue weighted by molar-refractivity contribution is 0.266. The first-order valence-electron chi connectivity index (χ1n) is 7.90. The van der Waals surface area contributed by atoms with Crippen molar-refractivity contribution in [3.63, 3.8) is 0 Å². The molecule has 0 amide bonds. The Bertz CT molecular complexity index is 748. The fourth-order valence-electron chi connectivity index (χ4n) is 2.45. The summed E-state index contributed by atoms with van der Waals surface area (Å²) in [6.45, 7) is 2.36. The molecule has 0 bridgehead atoms. The molecule has 0 spiro atoms. The van der Waals surface area contributed by atoms with Crippen LogP contribution in [0.25, 0.3) is 0 Å². The second-order valence-corrected chi connectivity index (χ2v) is 7.68. The summed E-state index contributed by atoms with van der Waals surface area (Å²) < 4.78 is 26.5. The Balaban J connectivity index is 2.17. The van der Waals surface area contributed by atoms with Gasteiger partial charge in [-0.05, 0) is 24.1 Å². The summed E-state index contributed by atoms with van der Waals surface area (Å²) in [6.07, 6.45) is 0. The van der Waals surface area contributed by atoms with E-state index in [0.29, 0.717) is 12.1 Å². The van der Waals surface area contributed by atoms with Crippen LogP contribution in [0.5, 0.6) is 0 Å². The van der Waals surface area contributed by atoms with E-state index in [1.807, 2.05) is 49.4 Å². The number of sulfonamides is 1. The van der Waals surface area contributed by atoms with E-state index in [1.165, 1.54) is 11.4 Å². The van der Waals surface area contributed by atoms with Gasteiger partial charge in [0.2, 0.25) is 10.0 Å². The molecule has 0 aromatic heterocycles. The third-order valence-electron chi connectivity index (χ3n) is 3.97. The Morgan fingerprint density at radius 2 is 1.71 bits per heavy atom. The summed E-state index contributed by atoms with van der Waals surface area (Å²) in [4.78, 5) is 0.272. The van der Waals surface area contributed by atoms with Crippen LogP contribution in [0.3, 0.4) is 0 Å². The number of hydrogen-bond donors (Lipinski definition) is 2. The molecule has 24 heavy (non-hydrogen) atoms. The van der Waals surface area contributed by atoms with Gasteiger partial charge in [-0.25, -0.2) is 8.42 Å². The van der Waals surface area contributed by atoms with Crippen molar-refractivity contribution in [1.29, 1.82) is 0 Å². The van der Waals surface area contributed by atoms with Crippen molar-refractivity contribution in [1.82, 2.24) is 9.62 Å². The van der Waals surface area contributed by atoms with E-state index < -0.39 is 10.0 Å². The summed E-state index contributed by atoms with van der Waals surface area (Å²) in [5.41, 5.74) is 1.86. The average Bonchev–Trinajstić information content (AvgIpc) is 2.60. The number of likely N-dealkylation sites (N-methyl/N-ethyl adjacent to an activating group) is 1. The van der Waals surface area contributed by atoms with Gasteiger partial charge in [0.15, 0.2) is 0 Å². The van der Waals surface area contributed by atoms with Gasteiger partial charge in [-0.3, -0.25) is 0 Å². The van der Waals surface area contributed by atoms with Crippen molar-refractivity contribution in [2.75, 3.05) is 20.2 Å². The fourth-order valence-corrected chi connectivity index (χ4v) is 3.83. The van der Waals surface area contributed by atoms with Gasteiger partial charge < -0.3 is 10.4 Å². The van der Waals surface area contributed by atoms with Crippen LogP contribution >= 0.6 is 0 Å². The Morgan fingerprint density at radius 1 is 1.08 bits per heavy atom. The predicted molar refractivity (Wildman–Crippen MR) is 95.0 cm³/mol. The van der Waals surface area contributed by atoms with Gasteiger partial charge >= 0.3 is 0 Å². The van der Waals surface area contributed by atoms with Gasteiger partial charge in [0.25, 0.3) is 0 Å². The van der Waals surface area contributed by atoms with E-state index in [2.05, 4.69) is 5.32 Å². The molecule has 0 heterocycles. The van der Waals surface area contributed by atoms with E-state index in [9.17, 15) is 8.42 Å². The lowest BCUT2D eigenvalue weighted by Gasteiger charge is -2.20. The van der Waals surface area contributed by atoms with E-state index in [-0.39, 0.29) is 24.1 Å². The summed E-state index contributed by atoms with van der Waals surface area (Å²) in [7, 11) is -2.14. The van der Waals surface area contributed by atoms with Crippen LogP contribution in [0.1, 0.15) is 24.1 Å². The van der Waals surface area contributed by atoms with E-state index in [4.69, 9.17) is 5.11 Å². The maximum atomic E-state index is 12.6.